The highest BCUT2D eigenvalue weighted by Gasteiger charge is 2.46. The highest BCUT2D eigenvalue weighted by molar-refractivity contribution is 4.92. The summed E-state index contributed by atoms with van der Waals surface area (Å²) in [5, 5.41) is 10.2. The molecule has 0 aromatic carbocycles. The zero-order valence-corrected chi connectivity index (χ0v) is 9.36. The van der Waals surface area contributed by atoms with Gasteiger partial charge in [0.05, 0.1) is 20.7 Å². The molecule has 2 aliphatic rings. The summed E-state index contributed by atoms with van der Waals surface area (Å²) in [4.78, 5) is 1.37. The van der Waals surface area contributed by atoms with Crippen LogP contribution in [0.2, 0.25) is 0 Å². The van der Waals surface area contributed by atoms with Gasteiger partial charge in [-0.05, 0) is 17.8 Å². The number of fused-ring (bicyclic) bond motifs is 1. The SMILES string of the molecule is C[C@@H]1[C@H](O)[C@@H]([NH+](C)C)C[C@@H]2COC[C@H]21. The first-order valence-electron chi connectivity index (χ1n) is 5.67. The molecule has 2 rings (SSSR count). The number of aliphatic hydroxyl groups is 1. The summed E-state index contributed by atoms with van der Waals surface area (Å²) in [5.41, 5.74) is 0. The van der Waals surface area contributed by atoms with Crippen LogP contribution in [0.1, 0.15) is 13.3 Å². The first-order chi connectivity index (χ1) is 6.61. The van der Waals surface area contributed by atoms with Gasteiger partial charge < -0.3 is 14.7 Å². The van der Waals surface area contributed by atoms with Crippen molar-refractivity contribution in [1.82, 2.24) is 0 Å². The molecular formula is C11H22NO2+. The molecule has 1 heterocycles. The van der Waals surface area contributed by atoms with Crippen molar-refractivity contribution in [2.45, 2.75) is 25.5 Å². The summed E-state index contributed by atoms with van der Waals surface area (Å²) in [5.74, 6) is 1.69. The molecule has 82 valence electrons. The minimum atomic E-state index is -0.150. The lowest BCUT2D eigenvalue weighted by molar-refractivity contribution is -0.892. The Bertz CT molecular complexity index is 205. The van der Waals surface area contributed by atoms with Gasteiger partial charge in [-0.25, -0.2) is 0 Å². The van der Waals surface area contributed by atoms with Crippen molar-refractivity contribution in [1.29, 1.82) is 0 Å². The molecule has 1 aliphatic heterocycles. The summed E-state index contributed by atoms with van der Waals surface area (Å²) >= 11 is 0. The van der Waals surface area contributed by atoms with Crippen molar-refractivity contribution in [2.24, 2.45) is 17.8 Å². The highest BCUT2D eigenvalue weighted by Crippen LogP contribution is 2.38. The molecule has 0 aromatic heterocycles. The summed E-state index contributed by atoms with van der Waals surface area (Å²) < 4.78 is 5.52. The van der Waals surface area contributed by atoms with E-state index in [1.54, 1.807) is 0 Å². The first-order valence-corrected chi connectivity index (χ1v) is 5.67. The van der Waals surface area contributed by atoms with Crippen LogP contribution in [0.15, 0.2) is 0 Å². The molecule has 0 unspecified atom stereocenters. The molecule has 1 saturated carbocycles. The van der Waals surface area contributed by atoms with Gasteiger partial charge in [0.25, 0.3) is 0 Å². The Morgan fingerprint density at radius 2 is 2.00 bits per heavy atom. The van der Waals surface area contributed by atoms with Crippen LogP contribution >= 0.6 is 0 Å². The van der Waals surface area contributed by atoms with Crippen LogP contribution in [-0.2, 0) is 4.74 Å². The fourth-order valence-corrected chi connectivity index (χ4v) is 3.10. The van der Waals surface area contributed by atoms with Gasteiger partial charge in [-0.2, -0.15) is 0 Å². The lowest BCUT2D eigenvalue weighted by Crippen LogP contribution is -3.12. The van der Waals surface area contributed by atoms with Crippen LogP contribution in [0.3, 0.4) is 0 Å². The number of rotatable bonds is 1. The topological polar surface area (TPSA) is 33.9 Å². The monoisotopic (exact) mass is 200 g/mol. The highest BCUT2D eigenvalue weighted by atomic mass is 16.5. The van der Waals surface area contributed by atoms with E-state index >= 15 is 0 Å². The third kappa shape index (κ3) is 1.58. The summed E-state index contributed by atoms with van der Waals surface area (Å²) in [6, 6.07) is 0.396. The molecule has 3 nitrogen and oxygen atoms in total. The number of ether oxygens (including phenoxy) is 1. The Hall–Kier alpha value is -0.120. The van der Waals surface area contributed by atoms with Crippen molar-refractivity contribution in [2.75, 3.05) is 27.3 Å². The lowest BCUT2D eigenvalue weighted by Gasteiger charge is -2.40. The smallest absolute Gasteiger partial charge is 0.114 e. The van der Waals surface area contributed by atoms with Gasteiger partial charge in [0, 0.05) is 13.0 Å². The molecule has 0 radical (unpaired) electrons. The Morgan fingerprint density at radius 3 is 2.64 bits per heavy atom. The molecule has 2 N–H and O–H groups in total. The number of quaternary nitrogens is 1. The molecule has 1 aliphatic carbocycles. The van der Waals surface area contributed by atoms with Crippen molar-refractivity contribution in [3.8, 4) is 0 Å². The molecule has 2 fully saturated rings. The van der Waals surface area contributed by atoms with E-state index in [4.69, 9.17) is 4.74 Å². The Balaban J connectivity index is 2.11. The van der Waals surface area contributed by atoms with Crippen molar-refractivity contribution in [3.63, 3.8) is 0 Å². The van der Waals surface area contributed by atoms with E-state index < -0.39 is 0 Å². The average molecular weight is 200 g/mol. The van der Waals surface area contributed by atoms with E-state index in [0.29, 0.717) is 23.8 Å². The molecule has 0 bridgehead atoms. The molecule has 0 spiro atoms. The summed E-state index contributed by atoms with van der Waals surface area (Å²) in [6.07, 6.45) is 0.973. The van der Waals surface area contributed by atoms with Crippen LogP contribution < -0.4 is 4.90 Å². The second-order valence-electron chi connectivity index (χ2n) is 5.23. The zero-order chi connectivity index (χ0) is 10.3. The van der Waals surface area contributed by atoms with Gasteiger partial charge in [0.2, 0.25) is 0 Å². The molecule has 3 heteroatoms. The molecule has 1 saturated heterocycles. The van der Waals surface area contributed by atoms with Gasteiger partial charge in [-0.15, -0.1) is 0 Å². The maximum atomic E-state index is 10.2. The maximum absolute atomic E-state index is 10.2. The van der Waals surface area contributed by atoms with E-state index in [9.17, 15) is 5.11 Å². The van der Waals surface area contributed by atoms with Gasteiger partial charge in [0.15, 0.2) is 0 Å². The van der Waals surface area contributed by atoms with Crippen LogP contribution in [0.4, 0.5) is 0 Å². The van der Waals surface area contributed by atoms with E-state index in [0.717, 1.165) is 19.6 Å². The van der Waals surface area contributed by atoms with Crippen LogP contribution in [0, 0.1) is 17.8 Å². The number of hydrogen-bond donors (Lipinski definition) is 2. The van der Waals surface area contributed by atoms with Crippen LogP contribution in [-0.4, -0.2) is 44.6 Å². The molecule has 14 heavy (non-hydrogen) atoms. The second kappa shape index (κ2) is 3.80. The summed E-state index contributed by atoms with van der Waals surface area (Å²) in [6.45, 7) is 3.94. The van der Waals surface area contributed by atoms with Crippen molar-refractivity contribution < 1.29 is 14.7 Å². The van der Waals surface area contributed by atoms with Gasteiger partial charge >= 0.3 is 0 Å². The van der Waals surface area contributed by atoms with E-state index in [1.807, 2.05) is 0 Å². The quantitative estimate of drug-likeness (QED) is 0.579. The first kappa shape index (κ1) is 10.4. The number of likely N-dealkylation sites (N-methyl/N-ethyl adjacent to an activating group) is 1. The van der Waals surface area contributed by atoms with E-state index in [2.05, 4.69) is 21.0 Å². The van der Waals surface area contributed by atoms with E-state index in [-0.39, 0.29) is 6.10 Å². The number of aliphatic hydroxyl groups excluding tert-OH is 1. The Morgan fingerprint density at radius 1 is 1.29 bits per heavy atom. The minimum absolute atomic E-state index is 0.150. The van der Waals surface area contributed by atoms with Crippen molar-refractivity contribution >= 4 is 0 Å². The third-order valence-corrected chi connectivity index (χ3v) is 4.17. The standard InChI is InChI=1S/C11H21NO2/c1-7-9-6-14-5-8(9)4-10(11(7)13)12(2)3/h7-11,13H,4-6H2,1-3H3/p+1/t7-,8+,9-,10-,11-/m0/s1. The Kier molecular flexibility index (Phi) is 2.82. The fourth-order valence-electron chi connectivity index (χ4n) is 3.10. The fraction of sp³-hybridized carbons (Fsp3) is 1.00. The second-order valence-corrected chi connectivity index (χ2v) is 5.23. The summed E-state index contributed by atoms with van der Waals surface area (Å²) in [7, 11) is 4.27. The van der Waals surface area contributed by atoms with Gasteiger partial charge in [-0.1, -0.05) is 6.92 Å². The molecule has 0 aromatic rings. The van der Waals surface area contributed by atoms with Crippen LogP contribution in [0.5, 0.6) is 0 Å². The maximum Gasteiger partial charge on any atom is 0.114 e. The number of nitrogens with one attached hydrogen (secondary N) is 1. The number of hydrogen-bond acceptors (Lipinski definition) is 2. The lowest BCUT2D eigenvalue weighted by atomic mass is 9.70. The normalized spacial score (nSPS) is 48.2. The third-order valence-electron chi connectivity index (χ3n) is 4.17. The van der Waals surface area contributed by atoms with Gasteiger partial charge in [0.1, 0.15) is 12.1 Å². The van der Waals surface area contributed by atoms with Crippen LogP contribution in [0.25, 0.3) is 0 Å². The average Bonchev–Trinajstić information content (AvgIpc) is 2.58. The predicted octanol–water partition coefficient (Wildman–Crippen LogP) is -0.837. The predicted molar refractivity (Wildman–Crippen MR) is 54.2 cm³/mol. The zero-order valence-electron chi connectivity index (χ0n) is 9.36. The largest absolute Gasteiger partial charge is 0.387 e. The van der Waals surface area contributed by atoms with Gasteiger partial charge in [-0.3, -0.25) is 0 Å². The molecular weight excluding hydrogens is 178 g/mol. The van der Waals surface area contributed by atoms with Crippen molar-refractivity contribution in [3.05, 3.63) is 0 Å². The molecule has 0 amide bonds. The minimum Gasteiger partial charge on any atom is -0.387 e. The Labute approximate surface area is 86.0 Å². The molecule has 5 atom stereocenters. The van der Waals surface area contributed by atoms with E-state index in [1.165, 1.54) is 4.90 Å².